The molecular formula is C6H11BrN2O2S. The number of amidine groups is 1. The van der Waals surface area contributed by atoms with Gasteiger partial charge in [0, 0.05) is 5.75 Å². The fourth-order valence-electron chi connectivity index (χ4n) is 0.976. The summed E-state index contributed by atoms with van der Waals surface area (Å²) >= 11 is 1.41. The summed E-state index contributed by atoms with van der Waals surface area (Å²) in [5.74, 6) is -0.156. The van der Waals surface area contributed by atoms with Gasteiger partial charge in [0.15, 0.2) is 5.17 Å². The van der Waals surface area contributed by atoms with Crippen LogP contribution >= 0.6 is 28.7 Å². The van der Waals surface area contributed by atoms with Gasteiger partial charge in [-0.2, -0.15) is 0 Å². The molecule has 70 valence electrons. The highest BCUT2D eigenvalue weighted by atomic mass is 79.9. The van der Waals surface area contributed by atoms with E-state index in [2.05, 4.69) is 4.99 Å². The van der Waals surface area contributed by atoms with Gasteiger partial charge in [-0.25, -0.2) is 0 Å². The molecule has 0 aromatic heterocycles. The van der Waals surface area contributed by atoms with Gasteiger partial charge in [0.2, 0.25) is 0 Å². The SMILES string of the molecule is Br.CC1(CC(=O)O)CSC(N)=N1. The Labute approximate surface area is 85.4 Å². The lowest BCUT2D eigenvalue weighted by molar-refractivity contribution is -0.138. The zero-order chi connectivity index (χ0) is 8.48. The zero-order valence-electron chi connectivity index (χ0n) is 6.61. The van der Waals surface area contributed by atoms with Crippen molar-refractivity contribution >= 4 is 39.9 Å². The maximum atomic E-state index is 10.3. The van der Waals surface area contributed by atoms with E-state index in [0.29, 0.717) is 10.9 Å². The van der Waals surface area contributed by atoms with Gasteiger partial charge in [-0.1, -0.05) is 11.8 Å². The van der Waals surface area contributed by atoms with Gasteiger partial charge in [0.05, 0.1) is 12.0 Å². The molecule has 4 nitrogen and oxygen atoms in total. The van der Waals surface area contributed by atoms with Gasteiger partial charge in [-0.3, -0.25) is 9.79 Å². The summed E-state index contributed by atoms with van der Waals surface area (Å²) in [6, 6.07) is 0. The van der Waals surface area contributed by atoms with Crippen LogP contribution in [0.3, 0.4) is 0 Å². The van der Waals surface area contributed by atoms with Gasteiger partial charge < -0.3 is 10.8 Å². The molecule has 1 unspecified atom stereocenters. The molecule has 0 aliphatic carbocycles. The topological polar surface area (TPSA) is 75.7 Å². The first-order valence-corrected chi connectivity index (χ1v) is 4.20. The van der Waals surface area contributed by atoms with Crippen molar-refractivity contribution < 1.29 is 9.90 Å². The van der Waals surface area contributed by atoms with Gasteiger partial charge in [-0.15, -0.1) is 17.0 Å². The molecule has 0 aromatic rings. The van der Waals surface area contributed by atoms with E-state index < -0.39 is 11.5 Å². The second-order valence-corrected chi connectivity index (χ2v) is 3.80. The Morgan fingerprint density at radius 3 is 2.83 bits per heavy atom. The van der Waals surface area contributed by atoms with Crippen LogP contribution in [0.1, 0.15) is 13.3 Å². The summed E-state index contributed by atoms with van der Waals surface area (Å²) in [6.45, 7) is 1.80. The first kappa shape index (κ1) is 11.8. The lowest BCUT2D eigenvalue weighted by Gasteiger charge is -2.15. The minimum Gasteiger partial charge on any atom is -0.481 e. The Morgan fingerprint density at radius 2 is 2.50 bits per heavy atom. The van der Waals surface area contributed by atoms with Crippen LogP contribution in [0.5, 0.6) is 0 Å². The van der Waals surface area contributed by atoms with E-state index in [4.69, 9.17) is 10.8 Å². The number of nitrogens with two attached hydrogens (primary N) is 1. The number of aliphatic imine (C=N–C) groups is 1. The molecule has 1 aliphatic rings. The Hall–Kier alpha value is -0.230. The molecule has 1 heterocycles. The van der Waals surface area contributed by atoms with E-state index in [-0.39, 0.29) is 23.4 Å². The van der Waals surface area contributed by atoms with Crippen molar-refractivity contribution in [3.63, 3.8) is 0 Å². The van der Waals surface area contributed by atoms with Crippen molar-refractivity contribution in [2.45, 2.75) is 18.9 Å². The van der Waals surface area contributed by atoms with E-state index >= 15 is 0 Å². The molecule has 6 heteroatoms. The Morgan fingerprint density at radius 1 is 1.92 bits per heavy atom. The van der Waals surface area contributed by atoms with Crippen molar-refractivity contribution in [2.75, 3.05) is 5.75 Å². The lowest BCUT2D eigenvalue weighted by atomic mass is 10.0. The van der Waals surface area contributed by atoms with Crippen LogP contribution in [0, 0.1) is 0 Å². The molecule has 0 fully saturated rings. The highest BCUT2D eigenvalue weighted by Crippen LogP contribution is 2.28. The highest BCUT2D eigenvalue weighted by molar-refractivity contribution is 8.93. The van der Waals surface area contributed by atoms with E-state index in [9.17, 15) is 4.79 Å². The highest BCUT2D eigenvalue weighted by Gasteiger charge is 2.31. The summed E-state index contributed by atoms with van der Waals surface area (Å²) in [6.07, 6.45) is 0.0562. The summed E-state index contributed by atoms with van der Waals surface area (Å²) in [4.78, 5) is 14.4. The third-order valence-electron chi connectivity index (χ3n) is 1.44. The minimum atomic E-state index is -0.827. The number of halogens is 1. The normalized spacial score (nSPS) is 27.6. The second kappa shape index (κ2) is 4.13. The maximum absolute atomic E-state index is 10.3. The molecule has 0 saturated carbocycles. The molecule has 0 saturated heterocycles. The largest absolute Gasteiger partial charge is 0.481 e. The fourth-order valence-corrected chi connectivity index (χ4v) is 1.89. The van der Waals surface area contributed by atoms with E-state index in [1.807, 2.05) is 0 Å². The molecule has 1 aliphatic heterocycles. The minimum absolute atomic E-state index is 0. The van der Waals surface area contributed by atoms with Crippen molar-refractivity contribution in [1.29, 1.82) is 0 Å². The molecule has 12 heavy (non-hydrogen) atoms. The first-order chi connectivity index (χ1) is 5.02. The Bertz CT molecular complexity index is 222. The monoisotopic (exact) mass is 254 g/mol. The summed E-state index contributed by atoms with van der Waals surface area (Å²) in [7, 11) is 0. The summed E-state index contributed by atoms with van der Waals surface area (Å²) in [5.41, 5.74) is 4.92. The molecule has 1 atom stereocenters. The van der Waals surface area contributed by atoms with Crippen LogP contribution in [0.15, 0.2) is 4.99 Å². The van der Waals surface area contributed by atoms with Gasteiger partial charge in [-0.05, 0) is 6.92 Å². The maximum Gasteiger partial charge on any atom is 0.305 e. The number of nitrogens with zero attached hydrogens (tertiary/aromatic N) is 1. The Kier molecular flexibility index (Phi) is 4.05. The smallest absolute Gasteiger partial charge is 0.305 e. The van der Waals surface area contributed by atoms with Gasteiger partial charge >= 0.3 is 5.97 Å². The van der Waals surface area contributed by atoms with Crippen LogP contribution in [-0.4, -0.2) is 27.5 Å². The molecule has 0 radical (unpaired) electrons. The quantitative estimate of drug-likeness (QED) is 0.767. The second-order valence-electron chi connectivity index (χ2n) is 2.81. The van der Waals surface area contributed by atoms with Crippen molar-refractivity contribution in [3.05, 3.63) is 0 Å². The van der Waals surface area contributed by atoms with Crippen molar-refractivity contribution in [1.82, 2.24) is 0 Å². The Balaban J connectivity index is 0.00000121. The fraction of sp³-hybridized carbons (Fsp3) is 0.667. The average Bonchev–Trinajstić information content (AvgIpc) is 2.08. The molecule has 0 spiro atoms. The molecule has 0 bridgehead atoms. The molecule has 3 N–H and O–H groups in total. The molecular weight excluding hydrogens is 244 g/mol. The standard InChI is InChI=1S/C6H10N2O2S.BrH/c1-6(2-4(9)10)3-11-5(7)8-6;/h2-3H2,1H3,(H2,7,8)(H,9,10);1H. The van der Waals surface area contributed by atoms with E-state index in [1.165, 1.54) is 11.8 Å². The average molecular weight is 255 g/mol. The number of carbonyl (C=O) groups is 1. The number of aliphatic carboxylic acids is 1. The first-order valence-electron chi connectivity index (χ1n) is 3.22. The number of thioether (sulfide) groups is 1. The zero-order valence-corrected chi connectivity index (χ0v) is 9.14. The van der Waals surface area contributed by atoms with E-state index in [0.717, 1.165) is 0 Å². The summed E-state index contributed by atoms with van der Waals surface area (Å²) in [5, 5.41) is 9.00. The van der Waals surface area contributed by atoms with Crippen LogP contribution < -0.4 is 5.73 Å². The third kappa shape index (κ3) is 3.02. The van der Waals surface area contributed by atoms with Crippen molar-refractivity contribution in [2.24, 2.45) is 10.7 Å². The van der Waals surface area contributed by atoms with Crippen LogP contribution in [-0.2, 0) is 4.79 Å². The number of rotatable bonds is 2. The van der Waals surface area contributed by atoms with Crippen LogP contribution in [0.2, 0.25) is 0 Å². The van der Waals surface area contributed by atoms with E-state index in [1.54, 1.807) is 6.92 Å². The predicted molar refractivity (Wildman–Crippen MR) is 55.1 cm³/mol. The van der Waals surface area contributed by atoms with Crippen LogP contribution in [0.4, 0.5) is 0 Å². The van der Waals surface area contributed by atoms with Crippen molar-refractivity contribution in [3.8, 4) is 0 Å². The lowest BCUT2D eigenvalue weighted by Crippen LogP contribution is -2.26. The molecule has 1 rings (SSSR count). The predicted octanol–water partition coefficient (Wildman–Crippen LogP) is 0.859. The van der Waals surface area contributed by atoms with Crippen LogP contribution in [0.25, 0.3) is 0 Å². The third-order valence-corrected chi connectivity index (χ3v) is 2.60. The number of hydrogen-bond donors (Lipinski definition) is 2. The number of hydrogen-bond acceptors (Lipinski definition) is 4. The molecule has 0 amide bonds. The van der Waals surface area contributed by atoms with Gasteiger partial charge in [0.1, 0.15) is 0 Å². The molecule has 0 aromatic carbocycles. The summed E-state index contributed by atoms with van der Waals surface area (Å²) < 4.78 is 0. The number of carboxylic acid groups (broad SMARTS) is 1. The number of carboxylic acids is 1. The van der Waals surface area contributed by atoms with Gasteiger partial charge in [0.25, 0.3) is 0 Å².